The van der Waals surface area contributed by atoms with E-state index in [0.717, 1.165) is 21.3 Å². The van der Waals surface area contributed by atoms with Crippen LogP contribution in [0.2, 0.25) is 0 Å². The summed E-state index contributed by atoms with van der Waals surface area (Å²) in [5.41, 5.74) is 2.92. The molecule has 0 fully saturated rings. The van der Waals surface area contributed by atoms with Crippen molar-refractivity contribution in [1.82, 2.24) is 5.43 Å². The number of sulfonamides is 1. The third-order valence-electron chi connectivity index (χ3n) is 4.67. The Labute approximate surface area is 185 Å². The van der Waals surface area contributed by atoms with Crippen LogP contribution in [0.15, 0.2) is 59.7 Å². The maximum atomic E-state index is 12.5. The summed E-state index contributed by atoms with van der Waals surface area (Å²) >= 11 is 0. The third-order valence-corrected chi connectivity index (χ3v) is 5.80. The van der Waals surface area contributed by atoms with E-state index in [1.54, 1.807) is 12.1 Å². The number of rotatable bonds is 8. The number of ether oxygens (including phenoxy) is 2. The molecular formula is C22H23N3O6S. The predicted octanol–water partition coefficient (Wildman–Crippen LogP) is 2.48. The molecule has 0 spiro atoms. The van der Waals surface area contributed by atoms with Crippen LogP contribution in [0.4, 0.5) is 5.69 Å². The average Bonchev–Trinajstić information content (AvgIpc) is 2.77. The Kier molecular flexibility index (Phi) is 6.84. The van der Waals surface area contributed by atoms with Crippen LogP contribution in [0, 0.1) is 0 Å². The molecule has 0 aromatic heterocycles. The molecule has 0 unspecified atom stereocenters. The number of methoxy groups -OCH3 is 2. The van der Waals surface area contributed by atoms with E-state index in [2.05, 4.69) is 10.5 Å². The molecule has 10 heteroatoms. The lowest BCUT2D eigenvalue weighted by Gasteiger charge is -2.23. The van der Waals surface area contributed by atoms with Crippen LogP contribution in [0.25, 0.3) is 10.8 Å². The number of nitrogens with zero attached hydrogens (tertiary/aromatic N) is 2. The van der Waals surface area contributed by atoms with Crippen molar-refractivity contribution in [2.75, 3.05) is 31.3 Å². The number of hydrazone groups is 1. The van der Waals surface area contributed by atoms with Crippen molar-refractivity contribution >= 4 is 38.6 Å². The molecule has 0 aliphatic rings. The van der Waals surface area contributed by atoms with Crippen LogP contribution in [-0.4, -0.2) is 52.7 Å². The van der Waals surface area contributed by atoms with Gasteiger partial charge in [0.2, 0.25) is 10.0 Å². The molecule has 32 heavy (non-hydrogen) atoms. The van der Waals surface area contributed by atoms with Gasteiger partial charge >= 0.3 is 0 Å². The van der Waals surface area contributed by atoms with Crippen LogP contribution >= 0.6 is 0 Å². The van der Waals surface area contributed by atoms with E-state index in [9.17, 15) is 18.3 Å². The number of benzene rings is 3. The lowest BCUT2D eigenvalue weighted by Crippen LogP contribution is -2.39. The van der Waals surface area contributed by atoms with E-state index < -0.39 is 22.5 Å². The van der Waals surface area contributed by atoms with Gasteiger partial charge in [-0.1, -0.05) is 30.3 Å². The van der Waals surface area contributed by atoms with Gasteiger partial charge in [-0.05, 0) is 29.0 Å². The first kappa shape index (κ1) is 22.9. The summed E-state index contributed by atoms with van der Waals surface area (Å²) in [5.74, 6) is 0.0291. The zero-order valence-corrected chi connectivity index (χ0v) is 18.6. The molecule has 3 rings (SSSR count). The number of hydrogen-bond acceptors (Lipinski definition) is 7. The van der Waals surface area contributed by atoms with Gasteiger partial charge in [0.1, 0.15) is 23.8 Å². The normalized spacial score (nSPS) is 11.5. The van der Waals surface area contributed by atoms with Crippen LogP contribution < -0.4 is 19.2 Å². The molecule has 2 N–H and O–H groups in total. The Hall–Kier alpha value is -3.79. The molecule has 0 saturated heterocycles. The molecule has 0 bridgehead atoms. The summed E-state index contributed by atoms with van der Waals surface area (Å²) in [6.07, 6.45) is 2.30. The van der Waals surface area contributed by atoms with Crippen molar-refractivity contribution in [2.45, 2.75) is 0 Å². The first-order valence-electron chi connectivity index (χ1n) is 9.47. The quantitative estimate of drug-likeness (QED) is 0.396. The van der Waals surface area contributed by atoms with Crippen LogP contribution in [0.5, 0.6) is 17.2 Å². The summed E-state index contributed by atoms with van der Waals surface area (Å²) in [6.45, 7) is -0.527. The number of phenols is 1. The first-order chi connectivity index (χ1) is 15.2. The van der Waals surface area contributed by atoms with Crippen LogP contribution in [0.1, 0.15) is 5.56 Å². The number of anilines is 1. The lowest BCUT2D eigenvalue weighted by molar-refractivity contribution is -0.119. The van der Waals surface area contributed by atoms with Gasteiger partial charge < -0.3 is 14.6 Å². The molecule has 168 valence electrons. The second kappa shape index (κ2) is 9.56. The van der Waals surface area contributed by atoms with E-state index in [-0.39, 0.29) is 17.2 Å². The number of hydrogen-bond donors (Lipinski definition) is 2. The van der Waals surface area contributed by atoms with E-state index in [1.807, 2.05) is 24.3 Å². The van der Waals surface area contributed by atoms with Crippen molar-refractivity contribution in [3.05, 3.63) is 60.2 Å². The number of carbonyl (C=O) groups excluding carboxylic acids is 1. The van der Waals surface area contributed by atoms with Gasteiger partial charge in [-0.25, -0.2) is 13.8 Å². The number of fused-ring (bicyclic) bond motifs is 1. The Morgan fingerprint density at radius 1 is 1.12 bits per heavy atom. The van der Waals surface area contributed by atoms with E-state index in [1.165, 1.54) is 38.6 Å². The number of nitrogens with one attached hydrogen (secondary N) is 1. The number of amides is 1. The van der Waals surface area contributed by atoms with Gasteiger partial charge in [0.05, 0.1) is 32.4 Å². The molecule has 0 radical (unpaired) electrons. The van der Waals surface area contributed by atoms with Gasteiger partial charge in [-0.3, -0.25) is 9.10 Å². The molecular weight excluding hydrogens is 434 g/mol. The monoisotopic (exact) mass is 457 g/mol. The highest BCUT2D eigenvalue weighted by Gasteiger charge is 2.24. The molecule has 0 aliphatic carbocycles. The molecule has 0 aliphatic heterocycles. The van der Waals surface area contributed by atoms with Gasteiger partial charge in [-0.2, -0.15) is 5.10 Å². The summed E-state index contributed by atoms with van der Waals surface area (Å²) < 4.78 is 36.0. The third kappa shape index (κ3) is 5.09. The van der Waals surface area contributed by atoms with E-state index in [0.29, 0.717) is 11.3 Å². The van der Waals surface area contributed by atoms with Gasteiger partial charge in [-0.15, -0.1) is 0 Å². The zero-order chi connectivity index (χ0) is 23.3. The maximum absolute atomic E-state index is 12.5. The second-order valence-electron chi connectivity index (χ2n) is 6.82. The average molecular weight is 458 g/mol. The van der Waals surface area contributed by atoms with Crippen molar-refractivity contribution in [1.29, 1.82) is 0 Å². The highest BCUT2D eigenvalue weighted by molar-refractivity contribution is 7.92. The molecule has 3 aromatic rings. The fourth-order valence-electron chi connectivity index (χ4n) is 3.13. The predicted molar refractivity (Wildman–Crippen MR) is 123 cm³/mol. The van der Waals surface area contributed by atoms with Crippen LogP contribution in [0.3, 0.4) is 0 Å². The second-order valence-corrected chi connectivity index (χ2v) is 8.73. The Bertz CT molecular complexity index is 1270. The minimum Gasteiger partial charge on any atom is -0.507 e. The zero-order valence-electron chi connectivity index (χ0n) is 17.8. The molecule has 3 aromatic carbocycles. The number of carbonyl (C=O) groups is 1. The van der Waals surface area contributed by atoms with Gasteiger partial charge in [0.15, 0.2) is 0 Å². The first-order valence-corrected chi connectivity index (χ1v) is 11.3. The summed E-state index contributed by atoms with van der Waals surface area (Å²) in [4.78, 5) is 12.5. The standard InChI is InChI=1S/C22H23N3O6S/c1-30-16-9-10-19(21(12-16)31-2)25(32(3,28)29)14-22(27)24-23-13-18-17-7-5-4-6-15(17)8-11-20(18)26/h4-13,26H,14H2,1-3H3,(H,24,27)/b23-13-. The van der Waals surface area contributed by atoms with Gasteiger partial charge in [0, 0.05) is 11.6 Å². The summed E-state index contributed by atoms with van der Waals surface area (Å²) in [6, 6.07) is 15.3. The van der Waals surface area contributed by atoms with Crippen molar-refractivity contribution < 1.29 is 27.8 Å². The van der Waals surface area contributed by atoms with E-state index in [4.69, 9.17) is 9.47 Å². The molecule has 0 heterocycles. The Balaban J connectivity index is 1.82. The highest BCUT2D eigenvalue weighted by Crippen LogP contribution is 2.33. The summed E-state index contributed by atoms with van der Waals surface area (Å²) in [5, 5.41) is 15.7. The molecule has 0 atom stereocenters. The fraction of sp³-hybridized carbons (Fsp3) is 0.182. The van der Waals surface area contributed by atoms with Crippen molar-refractivity contribution in [2.24, 2.45) is 5.10 Å². The minimum atomic E-state index is -3.82. The van der Waals surface area contributed by atoms with E-state index >= 15 is 0 Å². The molecule has 0 saturated carbocycles. The molecule has 1 amide bonds. The lowest BCUT2D eigenvalue weighted by atomic mass is 10.0. The number of aromatic hydroxyl groups is 1. The molecule has 9 nitrogen and oxygen atoms in total. The highest BCUT2D eigenvalue weighted by atomic mass is 32.2. The number of phenolic OH excluding ortho intramolecular Hbond substituents is 1. The fourth-order valence-corrected chi connectivity index (χ4v) is 3.99. The SMILES string of the molecule is COc1ccc(N(CC(=O)N/N=C\c2c(O)ccc3ccccc23)S(C)(=O)=O)c(OC)c1. The minimum absolute atomic E-state index is 0.00225. The largest absolute Gasteiger partial charge is 0.507 e. The van der Waals surface area contributed by atoms with Crippen molar-refractivity contribution in [3.63, 3.8) is 0 Å². The Morgan fingerprint density at radius 3 is 2.56 bits per heavy atom. The van der Waals surface area contributed by atoms with Gasteiger partial charge in [0.25, 0.3) is 5.91 Å². The van der Waals surface area contributed by atoms with Crippen molar-refractivity contribution in [3.8, 4) is 17.2 Å². The maximum Gasteiger partial charge on any atom is 0.260 e. The van der Waals surface area contributed by atoms with Crippen LogP contribution in [-0.2, 0) is 14.8 Å². The Morgan fingerprint density at radius 2 is 1.88 bits per heavy atom. The smallest absolute Gasteiger partial charge is 0.260 e. The summed E-state index contributed by atoms with van der Waals surface area (Å²) in [7, 11) is -0.955. The topological polar surface area (TPSA) is 118 Å².